The summed E-state index contributed by atoms with van der Waals surface area (Å²) in [6.45, 7) is 6.52. The third kappa shape index (κ3) is 3.99. The molecule has 0 radical (unpaired) electrons. The van der Waals surface area contributed by atoms with Crippen molar-refractivity contribution in [2.24, 2.45) is 0 Å². The highest BCUT2D eigenvalue weighted by Gasteiger charge is 2.16. The van der Waals surface area contributed by atoms with E-state index in [2.05, 4.69) is 0 Å². The summed E-state index contributed by atoms with van der Waals surface area (Å²) in [5.74, 6) is 1.52. The Hall–Kier alpha value is -2.00. The zero-order valence-corrected chi connectivity index (χ0v) is 12.7. The molecule has 1 N–H and O–H groups in total. The molecule has 0 heterocycles. The molecule has 2 aromatic rings. The van der Waals surface area contributed by atoms with Crippen LogP contribution in [0.2, 0.25) is 0 Å². The van der Waals surface area contributed by atoms with Crippen LogP contribution in [-0.4, -0.2) is 17.8 Å². The lowest BCUT2D eigenvalue weighted by atomic mass is 10.0. The van der Waals surface area contributed by atoms with Crippen LogP contribution < -0.4 is 9.47 Å². The molecule has 0 aliphatic heterocycles. The van der Waals surface area contributed by atoms with Crippen LogP contribution >= 0.6 is 0 Å². The van der Waals surface area contributed by atoms with Gasteiger partial charge in [0.2, 0.25) is 0 Å². The van der Waals surface area contributed by atoms with Crippen LogP contribution in [-0.2, 0) is 0 Å². The molecule has 0 amide bonds. The first-order valence-corrected chi connectivity index (χ1v) is 7.28. The Morgan fingerprint density at radius 3 is 2.29 bits per heavy atom. The quantitative estimate of drug-likeness (QED) is 0.873. The Kier molecular flexibility index (Phi) is 5.23. The topological polar surface area (TPSA) is 38.7 Å². The number of rotatable bonds is 6. The fraction of sp³-hybridized carbons (Fsp3) is 0.333. The Morgan fingerprint density at radius 1 is 1.00 bits per heavy atom. The fourth-order valence-electron chi connectivity index (χ4n) is 2.16. The lowest BCUT2D eigenvalue weighted by Crippen LogP contribution is -2.09. The molecule has 0 aromatic heterocycles. The molecule has 0 saturated carbocycles. The van der Waals surface area contributed by atoms with E-state index in [4.69, 9.17) is 9.47 Å². The van der Waals surface area contributed by atoms with Gasteiger partial charge in [-0.2, -0.15) is 0 Å². The van der Waals surface area contributed by atoms with Gasteiger partial charge in [0, 0.05) is 5.56 Å². The van der Waals surface area contributed by atoms with Gasteiger partial charge >= 0.3 is 0 Å². The lowest BCUT2D eigenvalue weighted by Gasteiger charge is -2.18. The smallest absolute Gasteiger partial charge is 0.125 e. The summed E-state index contributed by atoms with van der Waals surface area (Å²) >= 11 is 0. The number of benzene rings is 2. The van der Waals surface area contributed by atoms with Gasteiger partial charge in [-0.05, 0) is 44.5 Å². The average Bonchev–Trinajstić information content (AvgIpc) is 2.48. The summed E-state index contributed by atoms with van der Waals surface area (Å²) in [6.07, 6.45) is -0.644. The number of hydrogen-bond donors (Lipinski definition) is 1. The highest BCUT2D eigenvalue weighted by molar-refractivity contribution is 5.41. The van der Waals surface area contributed by atoms with Crippen molar-refractivity contribution in [2.75, 3.05) is 6.61 Å². The van der Waals surface area contributed by atoms with Crippen molar-refractivity contribution < 1.29 is 14.6 Å². The van der Waals surface area contributed by atoms with E-state index in [1.54, 1.807) is 0 Å². The van der Waals surface area contributed by atoms with Crippen molar-refractivity contribution in [1.82, 2.24) is 0 Å². The van der Waals surface area contributed by atoms with Crippen molar-refractivity contribution in [3.8, 4) is 11.5 Å². The third-order valence-corrected chi connectivity index (χ3v) is 3.08. The second kappa shape index (κ2) is 7.14. The maximum Gasteiger partial charge on any atom is 0.125 e. The molecular weight excluding hydrogens is 264 g/mol. The number of aliphatic hydroxyl groups excluding tert-OH is 1. The lowest BCUT2D eigenvalue weighted by molar-refractivity contribution is 0.198. The Labute approximate surface area is 126 Å². The van der Waals surface area contributed by atoms with Crippen LogP contribution in [0.3, 0.4) is 0 Å². The van der Waals surface area contributed by atoms with Crippen molar-refractivity contribution >= 4 is 0 Å². The summed E-state index contributed by atoms with van der Waals surface area (Å²) in [6, 6.07) is 15.1. The number of aliphatic hydroxyl groups is 1. The van der Waals surface area contributed by atoms with E-state index in [1.807, 2.05) is 69.3 Å². The molecule has 0 spiro atoms. The van der Waals surface area contributed by atoms with Gasteiger partial charge in [0.1, 0.15) is 17.6 Å². The maximum absolute atomic E-state index is 10.6. The van der Waals surface area contributed by atoms with Crippen LogP contribution in [0.4, 0.5) is 0 Å². The predicted octanol–water partition coefficient (Wildman–Crippen LogP) is 3.95. The van der Waals surface area contributed by atoms with Crippen LogP contribution in [0.1, 0.15) is 38.0 Å². The first-order chi connectivity index (χ1) is 10.1. The van der Waals surface area contributed by atoms with E-state index in [1.165, 1.54) is 0 Å². The monoisotopic (exact) mass is 286 g/mol. The van der Waals surface area contributed by atoms with Crippen molar-refractivity contribution in [3.63, 3.8) is 0 Å². The van der Waals surface area contributed by atoms with E-state index in [-0.39, 0.29) is 6.10 Å². The molecule has 0 saturated heterocycles. The molecule has 2 aromatic carbocycles. The minimum Gasteiger partial charge on any atom is -0.494 e. The highest BCUT2D eigenvalue weighted by Crippen LogP contribution is 2.31. The van der Waals surface area contributed by atoms with Gasteiger partial charge in [-0.15, -0.1) is 0 Å². The van der Waals surface area contributed by atoms with E-state index < -0.39 is 6.10 Å². The van der Waals surface area contributed by atoms with Crippen molar-refractivity contribution in [1.29, 1.82) is 0 Å². The number of hydrogen-bond acceptors (Lipinski definition) is 3. The van der Waals surface area contributed by atoms with Crippen LogP contribution in [0.15, 0.2) is 48.5 Å². The summed E-state index contributed by atoms with van der Waals surface area (Å²) in [5.41, 5.74) is 1.59. The fourth-order valence-corrected chi connectivity index (χ4v) is 2.16. The van der Waals surface area contributed by atoms with Crippen LogP contribution in [0, 0.1) is 0 Å². The normalized spacial score (nSPS) is 12.2. The Morgan fingerprint density at radius 2 is 1.67 bits per heavy atom. The molecule has 0 fully saturated rings. The SMILES string of the molecule is CCOc1ccc(C(O)c2ccccc2OC(C)C)cc1. The second-order valence-corrected chi connectivity index (χ2v) is 5.11. The highest BCUT2D eigenvalue weighted by atomic mass is 16.5. The van der Waals surface area contributed by atoms with Gasteiger partial charge in [0.25, 0.3) is 0 Å². The molecule has 0 aliphatic carbocycles. The zero-order valence-electron chi connectivity index (χ0n) is 12.7. The molecule has 0 bridgehead atoms. The zero-order chi connectivity index (χ0) is 15.2. The molecule has 3 nitrogen and oxygen atoms in total. The number of para-hydroxylation sites is 1. The van der Waals surface area contributed by atoms with Gasteiger partial charge in [0.05, 0.1) is 12.7 Å². The van der Waals surface area contributed by atoms with E-state index in [0.717, 1.165) is 16.9 Å². The average molecular weight is 286 g/mol. The van der Waals surface area contributed by atoms with Crippen LogP contribution in [0.5, 0.6) is 11.5 Å². The second-order valence-electron chi connectivity index (χ2n) is 5.11. The first kappa shape index (κ1) is 15.4. The van der Waals surface area contributed by atoms with Crippen molar-refractivity contribution in [3.05, 3.63) is 59.7 Å². The summed E-state index contributed by atoms with van der Waals surface area (Å²) in [7, 11) is 0. The van der Waals surface area contributed by atoms with Gasteiger partial charge in [-0.1, -0.05) is 30.3 Å². The van der Waals surface area contributed by atoms with E-state index >= 15 is 0 Å². The van der Waals surface area contributed by atoms with Gasteiger partial charge in [-0.25, -0.2) is 0 Å². The van der Waals surface area contributed by atoms with Gasteiger partial charge in [0.15, 0.2) is 0 Å². The Bertz CT molecular complexity index is 561. The summed E-state index contributed by atoms with van der Waals surface area (Å²) in [4.78, 5) is 0. The molecule has 112 valence electrons. The minimum absolute atomic E-state index is 0.0682. The molecule has 3 heteroatoms. The molecule has 1 atom stereocenters. The van der Waals surface area contributed by atoms with E-state index in [0.29, 0.717) is 12.4 Å². The van der Waals surface area contributed by atoms with E-state index in [9.17, 15) is 5.11 Å². The molecule has 2 rings (SSSR count). The number of ether oxygens (including phenoxy) is 2. The first-order valence-electron chi connectivity index (χ1n) is 7.28. The van der Waals surface area contributed by atoms with Gasteiger partial charge in [-0.3, -0.25) is 0 Å². The Balaban J connectivity index is 2.24. The summed E-state index contributed by atoms with van der Waals surface area (Å²) < 4.78 is 11.2. The predicted molar refractivity (Wildman–Crippen MR) is 83.9 cm³/mol. The molecule has 21 heavy (non-hydrogen) atoms. The molecular formula is C18H22O3. The molecule has 0 aliphatic rings. The third-order valence-electron chi connectivity index (χ3n) is 3.08. The largest absolute Gasteiger partial charge is 0.494 e. The summed E-state index contributed by atoms with van der Waals surface area (Å²) in [5, 5.41) is 10.6. The standard InChI is InChI=1S/C18H22O3/c1-4-20-15-11-9-14(10-12-15)18(19)16-7-5-6-8-17(16)21-13(2)3/h5-13,18-19H,4H2,1-3H3. The molecule has 1 unspecified atom stereocenters. The van der Waals surface area contributed by atoms with Crippen molar-refractivity contribution in [2.45, 2.75) is 33.0 Å². The minimum atomic E-state index is -0.712. The maximum atomic E-state index is 10.6. The van der Waals surface area contributed by atoms with Gasteiger partial charge < -0.3 is 14.6 Å². The van der Waals surface area contributed by atoms with Crippen LogP contribution in [0.25, 0.3) is 0 Å².